The van der Waals surface area contributed by atoms with E-state index >= 15 is 0 Å². The molecule has 1 aromatic heterocycles. The van der Waals surface area contributed by atoms with E-state index in [2.05, 4.69) is 54.7 Å². The van der Waals surface area contributed by atoms with Gasteiger partial charge in [-0.2, -0.15) is 5.10 Å². The van der Waals surface area contributed by atoms with Crippen LogP contribution >= 0.6 is 11.8 Å². The second-order valence-electron chi connectivity index (χ2n) is 5.11. The Hall–Kier alpha value is -1.26. The topological polar surface area (TPSA) is 29.9 Å². The monoisotopic (exact) mass is 289 g/mol. The van der Waals surface area contributed by atoms with Gasteiger partial charge in [0.05, 0.1) is 6.20 Å². The Kier molecular flexibility index (Phi) is 5.68. The summed E-state index contributed by atoms with van der Waals surface area (Å²) in [4.78, 5) is 1.34. The molecule has 1 atom stereocenters. The zero-order valence-electron chi connectivity index (χ0n) is 12.5. The standard InChI is InChI=1S/C16H23N3S/c1-4-17-15(9-14-10-18-19(3)11-14)12-20-16-7-5-13(2)6-8-16/h5-8,10-11,15,17H,4,9,12H2,1-3H3. The van der Waals surface area contributed by atoms with Crippen LogP contribution in [0, 0.1) is 6.92 Å². The third-order valence-corrected chi connectivity index (χ3v) is 4.38. The van der Waals surface area contributed by atoms with Gasteiger partial charge in [-0.3, -0.25) is 4.68 Å². The molecule has 3 nitrogen and oxygen atoms in total. The van der Waals surface area contributed by atoms with E-state index in [0.717, 1.165) is 18.7 Å². The van der Waals surface area contributed by atoms with Gasteiger partial charge in [0.15, 0.2) is 0 Å². The smallest absolute Gasteiger partial charge is 0.0522 e. The highest BCUT2D eigenvalue weighted by Gasteiger charge is 2.10. The fourth-order valence-electron chi connectivity index (χ4n) is 2.17. The van der Waals surface area contributed by atoms with Gasteiger partial charge in [0.2, 0.25) is 0 Å². The molecule has 0 saturated heterocycles. The van der Waals surface area contributed by atoms with Crippen molar-refractivity contribution in [3.8, 4) is 0 Å². The fourth-order valence-corrected chi connectivity index (χ4v) is 3.13. The quantitative estimate of drug-likeness (QED) is 0.795. The van der Waals surface area contributed by atoms with Crippen molar-refractivity contribution in [2.24, 2.45) is 7.05 Å². The summed E-state index contributed by atoms with van der Waals surface area (Å²) >= 11 is 1.91. The van der Waals surface area contributed by atoms with Crippen LogP contribution in [0.2, 0.25) is 0 Å². The van der Waals surface area contributed by atoms with Crippen LogP contribution in [0.15, 0.2) is 41.6 Å². The van der Waals surface area contributed by atoms with E-state index in [1.807, 2.05) is 29.7 Å². The van der Waals surface area contributed by atoms with Gasteiger partial charge < -0.3 is 5.32 Å². The molecular weight excluding hydrogens is 266 g/mol. The van der Waals surface area contributed by atoms with Crippen LogP contribution in [0.1, 0.15) is 18.1 Å². The average Bonchev–Trinajstić information content (AvgIpc) is 2.83. The van der Waals surface area contributed by atoms with Gasteiger partial charge in [-0.1, -0.05) is 24.6 Å². The van der Waals surface area contributed by atoms with Crippen LogP contribution in [-0.2, 0) is 13.5 Å². The first-order valence-corrected chi connectivity index (χ1v) is 8.06. The summed E-state index contributed by atoms with van der Waals surface area (Å²) in [6, 6.07) is 9.23. The number of rotatable bonds is 7. The Balaban J connectivity index is 1.90. The Morgan fingerprint density at radius 3 is 2.65 bits per heavy atom. The number of benzene rings is 1. The van der Waals surface area contributed by atoms with Gasteiger partial charge in [0.25, 0.3) is 0 Å². The first-order chi connectivity index (χ1) is 9.67. The molecule has 1 N–H and O–H groups in total. The molecule has 0 aliphatic carbocycles. The van der Waals surface area contributed by atoms with Crippen LogP contribution in [0.4, 0.5) is 0 Å². The van der Waals surface area contributed by atoms with Crippen LogP contribution in [0.3, 0.4) is 0 Å². The predicted molar refractivity (Wildman–Crippen MR) is 86.3 cm³/mol. The summed E-state index contributed by atoms with van der Waals surface area (Å²) in [7, 11) is 1.97. The molecule has 4 heteroatoms. The zero-order valence-corrected chi connectivity index (χ0v) is 13.3. The molecule has 1 heterocycles. The number of hydrogen-bond acceptors (Lipinski definition) is 3. The molecule has 0 amide bonds. The molecule has 0 saturated carbocycles. The lowest BCUT2D eigenvalue weighted by atomic mass is 10.1. The number of nitrogens with zero attached hydrogens (tertiary/aromatic N) is 2. The molecular formula is C16H23N3S. The van der Waals surface area contributed by atoms with E-state index in [1.54, 1.807) is 0 Å². The number of likely N-dealkylation sites (N-methyl/N-ethyl adjacent to an activating group) is 1. The van der Waals surface area contributed by atoms with Gasteiger partial charge in [0.1, 0.15) is 0 Å². The van der Waals surface area contributed by atoms with Gasteiger partial charge in [-0.05, 0) is 37.6 Å². The van der Waals surface area contributed by atoms with Crippen LogP contribution < -0.4 is 5.32 Å². The molecule has 0 bridgehead atoms. The summed E-state index contributed by atoms with van der Waals surface area (Å²) < 4.78 is 1.87. The summed E-state index contributed by atoms with van der Waals surface area (Å²) in [5, 5.41) is 7.80. The Morgan fingerprint density at radius 1 is 1.30 bits per heavy atom. The molecule has 0 fully saturated rings. The number of nitrogens with one attached hydrogen (secondary N) is 1. The minimum absolute atomic E-state index is 0.482. The third kappa shape index (κ3) is 4.69. The lowest BCUT2D eigenvalue weighted by Crippen LogP contribution is -2.33. The number of thioether (sulfide) groups is 1. The molecule has 1 aromatic carbocycles. The van der Waals surface area contributed by atoms with Crippen molar-refractivity contribution in [3.05, 3.63) is 47.8 Å². The minimum atomic E-state index is 0.482. The molecule has 0 radical (unpaired) electrons. The van der Waals surface area contributed by atoms with Gasteiger partial charge in [0, 0.05) is 29.9 Å². The highest BCUT2D eigenvalue weighted by Crippen LogP contribution is 2.20. The van der Waals surface area contributed by atoms with Gasteiger partial charge >= 0.3 is 0 Å². The fraction of sp³-hybridized carbons (Fsp3) is 0.438. The van der Waals surface area contributed by atoms with E-state index in [4.69, 9.17) is 0 Å². The van der Waals surface area contributed by atoms with Crippen molar-refractivity contribution in [3.63, 3.8) is 0 Å². The number of aromatic nitrogens is 2. The SMILES string of the molecule is CCNC(CSc1ccc(C)cc1)Cc1cnn(C)c1. The molecule has 2 aromatic rings. The maximum Gasteiger partial charge on any atom is 0.0522 e. The van der Waals surface area contributed by atoms with E-state index in [-0.39, 0.29) is 0 Å². The lowest BCUT2D eigenvalue weighted by Gasteiger charge is -2.16. The van der Waals surface area contributed by atoms with E-state index in [0.29, 0.717) is 6.04 Å². The van der Waals surface area contributed by atoms with Gasteiger partial charge in [-0.15, -0.1) is 11.8 Å². The highest BCUT2D eigenvalue weighted by molar-refractivity contribution is 7.99. The summed E-state index contributed by atoms with van der Waals surface area (Å²) in [5.41, 5.74) is 2.61. The highest BCUT2D eigenvalue weighted by atomic mass is 32.2. The second kappa shape index (κ2) is 7.50. The molecule has 1 unspecified atom stereocenters. The Labute approximate surface area is 125 Å². The molecule has 20 heavy (non-hydrogen) atoms. The minimum Gasteiger partial charge on any atom is -0.313 e. The normalized spacial score (nSPS) is 12.6. The molecule has 0 aliphatic heterocycles. The van der Waals surface area contributed by atoms with Crippen molar-refractivity contribution in [2.75, 3.05) is 12.3 Å². The first kappa shape index (κ1) is 15.1. The molecule has 2 rings (SSSR count). The zero-order chi connectivity index (χ0) is 14.4. The van der Waals surface area contributed by atoms with Crippen LogP contribution in [-0.4, -0.2) is 28.1 Å². The third-order valence-electron chi connectivity index (χ3n) is 3.21. The van der Waals surface area contributed by atoms with Crippen molar-refractivity contribution in [1.82, 2.24) is 15.1 Å². The number of aryl methyl sites for hydroxylation is 2. The number of hydrogen-bond donors (Lipinski definition) is 1. The van der Waals surface area contributed by atoms with Crippen molar-refractivity contribution < 1.29 is 0 Å². The van der Waals surface area contributed by atoms with Crippen molar-refractivity contribution in [2.45, 2.75) is 31.2 Å². The molecule has 108 valence electrons. The molecule has 0 spiro atoms. The van der Waals surface area contributed by atoms with Gasteiger partial charge in [-0.25, -0.2) is 0 Å². The Bertz CT molecular complexity index is 519. The second-order valence-corrected chi connectivity index (χ2v) is 6.20. The largest absolute Gasteiger partial charge is 0.313 e. The van der Waals surface area contributed by atoms with E-state index in [9.17, 15) is 0 Å². The first-order valence-electron chi connectivity index (χ1n) is 7.07. The summed E-state index contributed by atoms with van der Waals surface area (Å²) in [6.07, 6.45) is 5.09. The maximum atomic E-state index is 4.24. The van der Waals surface area contributed by atoms with Crippen molar-refractivity contribution >= 4 is 11.8 Å². The molecule has 0 aliphatic rings. The average molecular weight is 289 g/mol. The van der Waals surface area contributed by atoms with E-state index < -0.39 is 0 Å². The lowest BCUT2D eigenvalue weighted by molar-refractivity contribution is 0.572. The maximum absolute atomic E-state index is 4.24. The Morgan fingerprint density at radius 2 is 2.05 bits per heavy atom. The van der Waals surface area contributed by atoms with Crippen molar-refractivity contribution in [1.29, 1.82) is 0 Å². The summed E-state index contributed by atoms with van der Waals surface area (Å²) in [6.45, 7) is 5.28. The predicted octanol–water partition coefficient (Wildman–Crippen LogP) is 3.04. The van der Waals surface area contributed by atoms with E-state index in [1.165, 1.54) is 16.0 Å². The summed E-state index contributed by atoms with van der Waals surface area (Å²) in [5.74, 6) is 1.08. The van der Waals surface area contributed by atoms with Crippen LogP contribution in [0.5, 0.6) is 0 Å². The van der Waals surface area contributed by atoms with Crippen LogP contribution in [0.25, 0.3) is 0 Å².